The van der Waals surface area contributed by atoms with E-state index in [0.717, 1.165) is 24.0 Å². The molecule has 0 fully saturated rings. The molecule has 102 valence electrons. The summed E-state index contributed by atoms with van der Waals surface area (Å²) in [6, 6.07) is 11.4. The zero-order chi connectivity index (χ0) is 14.1. The Morgan fingerprint density at radius 1 is 0.950 bits per heavy atom. The quantitative estimate of drug-likeness (QED) is 0.877. The fraction of sp³-hybridized carbons (Fsp3) is 0.235. The van der Waals surface area contributed by atoms with Crippen LogP contribution in [0.1, 0.15) is 34.3 Å². The van der Waals surface area contributed by atoms with Crippen LogP contribution in [0.5, 0.6) is 0 Å². The molecule has 0 saturated heterocycles. The molecule has 0 bridgehead atoms. The second-order valence-corrected chi connectivity index (χ2v) is 5.66. The van der Waals surface area contributed by atoms with Crippen LogP contribution >= 0.6 is 11.6 Å². The number of aromatic carboxylic acids is 1. The Morgan fingerprint density at radius 2 is 1.70 bits per heavy atom. The molecule has 2 nitrogen and oxygen atoms in total. The van der Waals surface area contributed by atoms with Crippen LogP contribution < -0.4 is 0 Å². The maximum atomic E-state index is 11.1. The van der Waals surface area contributed by atoms with Crippen molar-refractivity contribution in [3.63, 3.8) is 0 Å². The highest BCUT2D eigenvalue weighted by molar-refractivity contribution is 6.31. The number of hydrogen-bond acceptors (Lipinski definition) is 1. The molecule has 3 heteroatoms. The van der Waals surface area contributed by atoms with Crippen LogP contribution in [-0.2, 0) is 12.8 Å². The molecule has 0 heterocycles. The molecule has 0 spiro atoms. The summed E-state index contributed by atoms with van der Waals surface area (Å²) in [6.45, 7) is 0. The van der Waals surface area contributed by atoms with E-state index < -0.39 is 5.97 Å². The number of carboxylic acids is 1. The lowest BCUT2D eigenvalue weighted by Crippen LogP contribution is -2.02. The first-order valence-electron chi connectivity index (χ1n) is 6.79. The van der Waals surface area contributed by atoms with Gasteiger partial charge in [-0.1, -0.05) is 29.8 Å². The third kappa shape index (κ3) is 2.56. The predicted octanol–water partition coefficient (Wildman–Crippen LogP) is 4.58. The van der Waals surface area contributed by atoms with Gasteiger partial charge in [-0.2, -0.15) is 0 Å². The van der Waals surface area contributed by atoms with E-state index >= 15 is 0 Å². The van der Waals surface area contributed by atoms with E-state index in [2.05, 4.69) is 18.2 Å². The largest absolute Gasteiger partial charge is 0.478 e. The van der Waals surface area contributed by atoms with E-state index in [9.17, 15) is 4.79 Å². The van der Waals surface area contributed by atoms with Crippen molar-refractivity contribution in [1.82, 2.24) is 0 Å². The van der Waals surface area contributed by atoms with Gasteiger partial charge in [0, 0.05) is 5.02 Å². The Balaban J connectivity index is 2.06. The first kappa shape index (κ1) is 13.2. The maximum absolute atomic E-state index is 11.1. The summed E-state index contributed by atoms with van der Waals surface area (Å²) >= 11 is 6.02. The highest BCUT2D eigenvalue weighted by atomic mass is 35.5. The van der Waals surface area contributed by atoms with Gasteiger partial charge in [-0.3, -0.25) is 0 Å². The van der Waals surface area contributed by atoms with Crippen molar-refractivity contribution in [2.24, 2.45) is 0 Å². The minimum Gasteiger partial charge on any atom is -0.478 e. The van der Waals surface area contributed by atoms with E-state index in [0.29, 0.717) is 5.02 Å². The molecule has 0 unspecified atom stereocenters. The number of hydrogen-bond donors (Lipinski definition) is 1. The molecule has 0 aromatic heterocycles. The Morgan fingerprint density at radius 3 is 2.45 bits per heavy atom. The normalized spacial score (nSPS) is 13.8. The molecule has 0 amide bonds. The number of benzene rings is 2. The van der Waals surface area contributed by atoms with Crippen LogP contribution in [0.3, 0.4) is 0 Å². The molecule has 1 aliphatic rings. The van der Waals surface area contributed by atoms with Crippen LogP contribution in [0.4, 0.5) is 0 Å². The van der Waals surface area contributed by atoms with Gasteiger partial charge in [-0.15, -0.1) is 0 Å². The molecular formula is C17H15ClO2. The summed E-state index contributed by atoms with van der Waals surface area (Å²) in [5.41, 5.74) is 4.93. The number of halogens is 1. The van der Waals surface area contributed by atoms with Crippen molar-refractivity contribution in [3.8, 4) is 11.1 Å². The van der Waals surface area contributed by atoms with Crippen LogP contribution in [0.15, 0.2) is 36.4 Å². The smallest absolute Gasteiger partial charge is 0.335 e. The first-order valence-corrected chi connectivity index (χ1v) is 7.17. The van der Waals surface area contributed by atoms with E-state index in [4.69, 9.17) is 16.7 Å². The van der Waals surface area contributed by atoms with Gasteiger partial charge >= 0.3 is 5.97 Å². The van der Waals surface area contributed by atoms with Crippen molar-refractivity contribution >= 4 is 17.6 Å². The molecule has 2 aromatic rings. The van der Waals surface area contributed by atoms with Crippen LogP contribution in [-0.4, -0.2) is 11.1 Å². The topological polar surface area (TPSA) is 37.3 Å². The number of rotatable bonds is 2. The second kappa shape index (κ2) is 5.29. The monoisotopic (exact) mass is 286 g/mol. The number of carbonyl (C=O) groups is 1. The number of carboxylic acid groups (broad SMARTS) is 1. The minimum atomic E-state index is -0.952. The molecule has 20 heavy (non-hydrogen) atoms. The van der Waals surface area contributed by atoms with Crippen molar-refractivity contribution < 1.29 is 9.90 Å². The molecule has 1 aliphatic carbocycles. The van der Waals surface area contributed by atoms with Crippen LogP contribution in [0, 0.1) is 0 Å². The van der Waals surface area contributed by atoms with Crippen molar-refractivity contribution in [2.45, 2.75) is 25.7 Å². The van der Waals surface area contributed by atoms with Crippen LogP contribution in [0.25, 0.3) is 11.1 Å². The van der Waals surface area contributed by atoms with Crippen molar-refractivity contribution in [2.75, 3.05) is 0 Å². The molecule has 3 rings (SSSR count). The summed E-state index contributed by atoms with van der Waals surface area (Å²) in [6.07, 6.45) is 4.74. The third-order valence-electron chi connectivity index (χ3n) is 3.83. The number of aryl methyl sites for hydroxylation is 2. The molecule has 0 aliphatic heterocycles. The lowest BCUT2D eigenvalue weighted by atomic mass is 9.89. The van der Waals surface area contributed by atoms with E-state index in [-0.39, 0.29) is 5.56 Å². The Labute approximate surface area is 123 Å². The lowest BCUT2D eigenvalue weighted by molar-refractivity contribution is 0.0697. The van der Waals surface area contributed by atoms with Crippen molar-refractivity contribution in [1.29, 1.82) is 0 Å². The summed E-state index contributed by atoms with van der Waals surface area (Å²) in [5.74, 6) is -0.952. The van der Waals surface area contributed by atoms with Crippen molar-refractivity contribution in [3.05, 3.63) is 58.1 Å². The Bertz CT molecular complexity index is 677. The minimum absolute atomic E-state index is 0.227. The number of fused-ring (bicyclic) bond motifs is 1. The molecular weight excluding hydrogens is 272 g/mol. The van der Waals surface area contributed by atoms with E-state index in [1.165, 1.54) is 30.0 Å². The maximum Gasteiger partial charge on any atom is 0.335 e. The fourth-order valence-electron chi connectivity index (χ4n) is 2.79. The van der Waals surface area contributed by atoms with E-state index in [1.807, 2.05) is 6.07 Å². The second-order valence-electron chi connectivity index (χ2n) is 5.22. The lowest BCUT2D eigenvalue weighted by Gasteiger charge is -2.17. The molecule has 0 atom stereocenters. The molecule has 1 N–H and O–H groups in total. The first-order chi connectivity index (χ1) is 9.63. The van der Waals surface area contributed by atoms with Gasteiger partial charge in [0.25, 0.3) is 0 Å². The highest BCUT2D eigenvalue weighted by Gasteiger charge is 2.12. The SMILES string of the molecule is O=C(O)c1cc(Cl)cc(-c2ccc3c(c2)CCCC3)c1. The summed E-state index contributed by atoms with van der Waals surface area (Å²) in [5, 5.41) is 9.57. The zero-order valence-electron chi connectivity index (χ0n) is 11.0. The molecule has 2 aromatic carbocycles. The molecule has 0 saturated carbocycles. The summed E-state index contributed by atoms with van der Waals surface area (Å²) in [7, 11) is 0. The van der Waals surface area contributed by atoms with Gasteiger partial charge in [0.05, 0.1) is 5.56 Å². The average molecular weight is 287 g/mol. The van der Waals surface area contributed by atoms with Gasteiger partial charge < -0.3 is 5.11 Å². The summed E-state index contributed by atoms with van der Waals surface area (Å²) in [4.78, 5) is 11.1. The highest BCUT2D eigenvalue weighted by Crippen LogP contribution is 2.29. The fourth-order valence-corrected chi connectivity index (χ4v) is 3.03. The van der Waals surface area contributed by atoms with Gasteiger partial charge in [-0.05, 0) is 66.1 Å². The van der Waals surface area contributed by atoms with Gasteiger partial charge in [0.15, 0.2) is 0 Å². The van der Waals surface area contributed by atoms with E-state index in [1.54, 1.807) is 6.07 Å². The molecule has 0 radical (unpaired) electrons. The third-order valence-corrected chi connectivity index (χ3v) is 4.04. The predicted molar refractivity (Wildman–Crippen MR) is 80.5 cm³/mol. The van der Waals surface area contributed by atoms with Crippen LogP contribution in [0.2, 0.25) is 5.02 Å². The van der Waals surface area contributed by atoms with Gasteiger partial charge in [-0.25, -0.2) is 4.79 Å². The van der Waals surface area contributed by atoms with Gasteiger partial charge in [0.2, 0.25) is 0 Å². The Hall–Kier alpha value is -1.80. The standard InChI is InChI=1S/C17H15ClO2/c18-16-9-14(8-15(10-16)17(19)20)13-6-5-11-3-1-2-4-12(11)7-13/h5-10H,1-4H2,(H,19,20). The zero-order valence-corrected chi connectivity index (χ0v) is 11.8. The summed E-state index contributed by atoms with van der Waals surface area (Å²) < 4.78 is 0. The van der Waals surface area contributed by atoms with Gasteiger partial charge in [0.1, 0.15) is 0 Å². The Kier molecular flexibility index (Phi) is 3.49. The average Bonchev–Trinajstić information content (AvgIpc) is 2.46.